The van der Waals surface area contributed by atoms with E-state index in [-0.39, 0.29) is 0 Å². The lowest BCUT2D eigenvalue weighted by molar-refractivity contribution is 0.439. The highest BCUT2D eigenvalue weighted by Crippen LogP contribution is 2.39. The average Bonchev–Trinajstić information content (AvgIpc) is 3.16. The van der Waals surface area contributed by atoms with Crippen LogP contribution in [0.5, 0.6) is 0 Å². The van der Waals surface area contributed by atoms with Crippen molar-refractivity contribution < 1.29 is 4.52 Å². The third-order valence-electron chi connectivity index (χ3n) is 3.24. The number of hydrogen-bond acceptors (Lipinski definition) is 6. The highest BCUT2D eigenvalue weighted by Gasteiger charge is 2.20. The van der Waals surface area contributed by atoms with Gasteiger partial charge in [0.1, 0.15) is 5.69 Å². The average molecular weight is 294 g/mol. The third-order valence-corrected chi connectivity index (χ3v) is 4.13. The molecule has 0 spiro atoms. The molecule has 0 aliphatic heterocycles. The molecule has 3 aromatic heterocycles. The van der Waals surface area contributed by atoms with E-state index >= 15 is 0 Å². The molecule has 0 fully saturated rings. The SMILES string of the molecule is Nc1onc(-c2cccc3nccnc23)c1-c1cccs1. The molecule has 4 aromatic rings. The molecule has 0 atom stereocenters. The van der Waals surface area contributed by atoms with E-state index < -0.39 is 0 Å². The quantitative estimate of drug-likeness (QED) is 0.611. The van der Waals surface area contributed by atoms with Crippen molar-refractivity contribution >= 4 is 28.3 Å². The number of thiophene rings is 1. The maximum Gasteiger partial charge on any atom is 0.231 e. The molecule has 1 aromatic carbocycles. The molecule has 0 saturated heterocycles. The van der Waals surface area contributed by atoms with Crippen LogP contribution in [0.3, 0.4) is 0 Å². The maximum atomic E-state index is 5.96. The number of rotatable bonds is 2. The van der Waals surface area contributed by atoms with Gasteiger partial charge in [0.05, 0.1) is 16.6 Å². The Morgan fingerprint density at radius 3 is 2.81 bits per heavy atom. The molecule has 0 aliphatic carbocycles. The first-order valence-corrected chi connectivity index (χ1v) is 7.21. The Kier molecular flexibility index (Phi) is 2.68. The molecule has 0 radical (unpaired) electrons. The molecule has 0 bridgehead atoms. The van der Waals surface area contributed by atoms with Crippen molar-refractivity contribution in [1.29, 1.82) is 0 Å². The summed E-state index contributed by atoms with van der Waals surface area (Å²) in [6.07, 6.45) is 3.34. The molecule has 5 nitrogen and oxygen atoms in total. The lowest BCUT2D eigenvalue weighted by Crippen LogP contribution is -1.89. The van der Waals surface area contributed by atoms with Crippen molar-refractivity contribution in [2.24, 2.45) is 0 Å². The molecule has 4 rings (SSSR count). The maximum absolute atomic E-state index is 5.96. The molecular weight excluding hydrogens is 284 g/mol. The second-order valence-corrected chi connectivity index (χ2v) is 5.43. The molecule has 21 heavy (non-hydrogen) atoms. The molecule has 2 N–H and O–H groups in total. The van der Waals surface area contributed by atoms with E-state index in [9.17, 15) is 0 Å². The van der Waals surface area contributed by atoms with Gasteiger partial charge in [0, 0.05) is 22.8 Å². The highest BCUT2D eigenvalue weighted by atomic mass is 32.1. The van der Waals surface area contributed by atoms with Crippen LogP contribution in [-0.4, -0.2) is 15.1 Å². The van der Waals surface area contributed by atoms with E-state index in [1.807, 2.05) is 35.7 Å². The largest absolute Gasteiger partial charge is 0.367 e. The van der Waals surface area contributed by atoms with Crippen LogP contribution in [0.2, 0.25) is 0 Å². The highest BCUT2D eigenvalue weighted by molar-refractivity contribution is 7.13. The summed E-state index contributed by atoms with van der Waals surface area (Å²) in [5.41, 5.74) is 9.92. The van der Waals surface area contributed by atoms with Gasteiger partial charge in [-0.3, -0.25) is 9.97 Å². The van der Waals surface area contributed by atoms with Crippen LogP contribution in [0.4, 0.5) is 5.88 Å². The Balaban J connectivity index is 2.03. The van der Waals surface area contributed by atoms with Crippen molar-refractivity contribution in [3.8, 4) is 21.7 Å². The van der Waals surface area contributed by atoms with Gasteiger partial charge in [0.2, 0.25) is 5.88 Å². The topological polar surface area (TPSA) is 77.8 Å². The van der Waals surface area contributed by atoms with Crippen LogP contribution in [0, 0.1) is 0 Å². The van der Waals surface area contributed by atoms with Crippen LogP contribution in [0.15, 0.2) is 52.6 Å². The van der Waals surface area contributed by atoms with Gasteiger partial charge < -0.3 is 10.3 Å². The summed E-state index contributed by atoms with van der Waals surface area (Å²) in [6.45, 7) is 0. The number of nitrogens with two attached hydrogens (primary N) is 1. The summed E-state index contributed by atoms with van der Waals surface area (Å²) < 4.78 is 5.21. The lowest BCUT2D eigenvalue weighted by Gasteiger charge is -2.03. The van der Waals surface area contributed by atoms with Gasteiger partial charge in [-0.15, -0.1) is 11.3 Å². The van der Waals surface area contributed by atoms with E-state index in [1.165, 1.54) is 0 Å². The number of para-hydroxylation sites is 1. The van der Waals surface area contributed by atoms with Crippen LogP contribution >= 0.6 is 11.3 Å². The van der Waals surface area contributed by atoms with Crippen molar-refractivity contribution in [1.82, 2.24) is 15.1 Å². The van der Waals surface area contributed by atoms with E-state index in [2.05, 4.69) is 15.1 Å². The van der Waals surface area contributed by atoms with E-state index in [0.29, 0.717) is 11.6 Å². The van der Waals surface area contributed by atoms with Gasteiger partial charge in [-0.1, -0.05) is 23.4 Å². The Bertz CT molecular complexity index is 909. The number of nitrogen functional groups attached to an aromatic ring is 1. The number of fused-ring (bicyclic) bond motifs is 1. The van der Waals surface area contributed by atoms with Gasteiger partial charge in [-0.2, -0.15) is 0 Å². The van der Waals surface area contributed by atoms with Gasteiger partial charge in [0.25, 0.3) is 0 Å². The standard InChI is InChI=1S/C15H10N4OS/c16-15-12(11-5-2-8-21-11)14(19-20-15)9-3-1-4-10-13(9)18-7-6-17-10/h1-8H,16H2. The van der Waals surface area contributed by atoms with Gasteiger partial charge in [-0.25, -0.2) is 0 Å². The summed E-state index contributed by atoms with van der Waals surface area (Å²) in [7, 11) is 0. The normalized spacial score (nSPS) is 11.0. The first-order chi connectivity index (χ1) is 10.3. The van der Waals surface area contributed by atoms with Crippen LogP contribution in [-0.2, 0) is 0 Å². The molecule has 0 saturated carbocycles. The van der Waals surface area contributed by atoms with Crippen molar-refractivity contribution in [3.05, 3.63) is 48.1 Å². The van der Waals surface area contributed by atoms with Gasteiger partial charge in [-0.05, 0) is 17.5 Å². The van der Waals surface area contributed by atoms with E-state index in [0.717, 1.165) is 27.0 Å². The third kappa shape index (κ3) is 1.88. The summed E-state index contributed by atoms with van der Waals surface area (Å²) in [4.78, 5) is 9.74. The monoisotopic (exact) mass is 294 g/mol. The molecule has 0 unspecified atom stereocenters. The number of benzene rings is 1. The van der Waals surface area contributed by atoms with Crippen LogP contribution in [0.1, 0.15) is 0 Å². The summed E-state index contributed by atoms with van der Waals surface area (Å²) in [5, 5.41) is 6.13. The van der Waals surface area contributed by atoms with E-state index in [4.69, 9.17) is 10.3 Å². The zero-order valence-electron chi connectivity index (χ0n) is 10.9. The smallest absolute Gasteiger partial charge is 0.231 e. The first kappa shape index (κ1) is 12.0. The second-order valence-electron chi connectivity index (χ2n) is 4.48. The summed E-state index contributed by atoms with van der Waals surface area (Å²) >= 11 is 1.59. The van der Waals surface area contributed by atoms with Crippen LogP contribution in [0.25, 0.3) is 32.7 Å². The molecular formula is C15H10N4OS. The molecule has 6 heteroatoms. The fourth-order valence-electron chi connectivity index (χ4n) is 2.33. The predicted octanol–water partition coefficient (Wildman–Crippen LogP) is 3.60. The Labute approximate surface area is 124 Å². The zero-order chi connectivity index (χ0) is 14.2. The summed E-state index contributed by atoms with van der Waals surface area (Å²) in [5.74, 6) is 0.313. The van der Waals surface area contributed by atoms with Crippen molar-refractivity contribution in [3.63, 3.8) is 0 Å². The Morgan fingerprint density at radius 2 is 1.95 bits per heavy atom. The van der Waals surface area contributed by atoms with Gasteiger partial charge >= 0.3 is 0 Å². The first-order valence-electron chi connectivity index (χ1n) is 6.34. The lowest BCUT2D eigenvalue weighted by atomic mass is 10.0. The molecule has 0 amide bonds. The minimum atomic E-state index is 0.313. The fourth-order valence-corrected chi connectivity index (χ4v) is 3.11. The number of anilines is 1. The minimum absolute atomic E-state index is 0.313. The minimum Gasteiger partial charge on any atom is -0.367 e. The number of aromatic nitrogens is 3. The van der Waals surface area contributed by atoms with Gasteiger partial charge in [0.15, 0.2) is 0 Å². The van der Waals surface area contributed by atoms with Crippen molar-refractivity contribution in [2.45, 2.75) is 0 Å². The van der Waals surface area contributed by atoms with Crippen molar-refractivity contribution in [2.75, 3.05) is 5.73 Å². The fraction of sp³-hybridized carbons (Fsp3) is 0. The zero-order valence-corrected chi connectivity index (χ0v) is 11.7. The number of hydrogen-bond donors (Lipinski definition) is 1. The molecule has 3 heterocycles. The predicted molar refractivity (Wildman–Crippen MR) is 82.8 cm³/mol. The second kappa shape index (κ2) is 4.68. The Morgan fingerprint density at radius 1 is 1.05 bits per heavy atom. The summed E-state index contributed by atoms with van der Waals surface area (Å²) in [6, 6.07) is 9.76. The molecule has 102 valence electrons. The van der Waals surface area contributed by atoms with Crippen LogP contribution < -0.4 is 5.73 Å². The Hall–Kier alpha value is -2.73. The van der Waals surface area contributed by atoms with E-state index in [1.54, 1.807) is 23.7 Å². The molecule has 0 aliphatic rings. The number of nitrogens with zero attached hydrogens (tertiary/aromatic N) is 3.